The van der Waals surface area contributed by atoms with Crippen LogP contribution < -0.4 is 5.32 Å². The van der Waals surface area contributed by atoms with Gasteiger partial charge < -0.3 is 20.3 Å². The standard InChI is InChI=1S/C58H113NO5/c1-3-5-7-9-11-13-15-17-19-20-21-22-23-24-26-30-34-38-42-46-50-56(61)55(54-60)59-57(62)51-47-43-39-35-31-27-25-29-33-37-41-45-49-53-64-58(63)52-48-44-40-36-32-28-18-16-14-12-10-8-6-4-2/h27,31,55-56,60-61H,3-26,28-30,32-54H2,1-2H3,(H,59,62)/b31-27-. The molecule has 0 aliphatic heterocycles. The van der Waals surface area contributed by atoms with Gasteiger partial charge in [0.05, 0.1) is 25.4 Å². The Morgan fingerprint density at radius 2 is 0.734 bits per heavy atom. The minimum atomic E-state index is -0.681. The Bertz CT molecular complexity index is 955. The second-order valence-electron chi connectivity index (χ2n) is 20.0. The first-order valence-corrected chi connectivity index (χ1v) is 28.9. The zero-order valence-electron chi connectivity index (χ0n) is 43.3. The molecule has 64 heavy (non-hydrogen) atoms. The van der Waals surface area contributed by atoms with Crippen LogP contribution in [-0.2, 0) is 14.3 Å². The topological polar surface area (TPSA) is 95.9 Å². The molecular formula is C58H113NO5. The fourth-order valence-electron chi connectivity index (χ4n) is 9.11. The van der Waals surface area contributed by atoms with E-state index >= 15 is 0 Å². The van der Waals surface area contributed by atoms with Gasteiger partial charge in [0.2, 0.25) is 5.91 Å². The van der Waals surface area contributed by atoms with Crippen LogP contribution in [0.4, 0.5) is 0 Å². The average Bonchev–Trinajstić information content (AvgIpc) is 3.29. The van der Waals surface area contributed by atoms with Gasteiger partial charge in [0.15, 0.2) is 0 Å². The minimum Gasteiger partial charge on any atom is -0.466 e. The Morgan fingerprint density at radius 1 is 0.422 bits per heavy atom. The predicted octanol–water partition coefficient (Wildman–Crippen LogP) is 17.7. The molecule has 0 aromatic rings. The highest BCUT2D eigenvalue weighted by molar-refractivity contribution is 5.76. The molecule has 0 heterocycles. The monoisotopic (exact) mass is 904 g/mol. The van der Waals surface area contributed by atoms with Crippen LogP contribution in [0.5, 0.6) is 0 Å². The SMILES string of the molecule is CCCCCCCCCCCCCCCCCCCCCCC(O)C(CO)NC(=O)CCCCC/C=C\CCCCCCCCOC(=O)CCCCCCCCCCCCCCCC. The molecule has 0 radical (unpaired) electrons. The number of carbonyl (C=O) groups excluding carboxylic acids is 2. The summed E-state index contributed by atoms with van der Waals surface area (Å²) >= 11 is 0. The number of ether oxygens (including phenoxy) is 1. The molecule has 3 N–H and O–H groups in total. The summed E-state index contributed by atoms with van der Waals surface area (Å²) in [6.07, 6.45) is 63.4. The van der Waals surface area contributed by atoms with Gasteiger partial charge in [-0.2, -0.15) is 0 Å². The van der Waals surface area contributed by atoms with Crippen molar-refractivity contribution < 1.29 is 24.5 Å². The molecular weight excluding hydrogens is 791 g/mol. The van der Waals surface area contributed by atoms with Crippen LogP contribution in [0.1, 0.15) is 322 Å². The zero-order valence-corrected chi connectivity index (χ0v) is 43.3. The summed E-state index contributed by atoms with van der Waals surface area (Å²) in [7, 11) is 0. The number of rotatable bonds is 54. The second-order valence-corrected chi connectivity index (χ2v) is 20.0. The number of hydrogen-bond acceptors (Lipinski definition) is 5. The minimum absolute atomic E-state index is 0.00944. The van der Waals surface area contributed by atoms with Crippen molar-refractivity contribution in [2.75, 3.05) is 13.2 Å². The average molecular weight is 905 g/mol. The largest absolute Gasteiger partial charge is 0.466 e. The first-order chi connectivity index (χ1) is 31.5. The van der Waals surface area contributed by atoms with Crippen molar-refractivity contribution in [3.8, 4) is 0 Å². The van der Waals surface area contributed by atoms with Crippen LogP contribution in [0.3, 0.4) is 0 Å². The van der Waals surface area contributed by atoms with Crippen LogP contribution in [0.25, 0.3) is 0 Å². The number of hydrogen-bond donors (Lipinski definition) is 3. The third kappa shape index (κ3) is 50.0. The fourth-order valence-corrected chi connectivity index (χ4v) is 9.11. The zero-order chi connectivity index (χ0) is 46.5. The lowest BCUT2D eigenvalue weighted by atomic mass is 10.0. The van der Waals surface area contributed by atoms with Gasteiger partial charge in [-0.1, -0.05) is 270 Å². The van der Waals surface area contributed by atoms with E-state index in [4.69, 9.17) is 4.74 Å². The van der Waals surface area contributed by atoms with Crippen LogP contribution in [-0.4, -0.2) is 47.4 Å². The van der Waals surface area contributed by atoms with Gasteiger partial charge in [0, 0.05) is 12.8 Å². The summed E-state index contributed by atoms with van der Waals surface area (Å²) in [6, 6.07) is -0.561. The van der Waals surface area contributed by atoms with E-state index in [2.05, 4.69) is 31.3 Å². The van der Waals surface area contributed by atoms with E-state index in [9.17, 15) is 19.8 Å². The van der Waals surface area contributed by atoms with Gasteiger partial charge in [-0.15, -0.1) is 0 Å². The van der Waals surface area contributed by atoms with Gasteiger partial charge in [-0.05, 0) is 51.4 Å². The Hall–Kier alpha value is -1.40. The predicted molar refractivity (Wildman–Crippen MR) is 278 cm³/mol. The summed E-state index contributed by atoms with van der Waals surface area (Å²) in [4.78, 5) is 24.5. The van der Waals surface area contributed by atoms with Crippen molar-refractivity contribution in [3.63, 3.8) is 0 Å². The quantitative estimate of drug-likeness (QED) is 0.0321. The first-order valence-electron chi connectivity index (χ1n) is 28.9. The molecule has 0 saturated heterocycles. The van der Waals surface area contributed by atoms with Crippen LogP contribution in [0.15, 0.2) is 12.2 Å². The summed E-state index contributed by atoms with van der Waals surface area (Å²) < 4.78 is 5.46. The van der Waals surface area contributed by atoms with Crippen LogP contribution >= 0.6 is 0 Å². The number of unbranched alkanes of at least 4 members (excludes halogenated alkanes) is 41. The molecule has 2 unspecified atom stereocenters. The van der Waals surface area contributed by atoms with Crippen molar-refractivity contribution in [2.24, 2.45) is 0 Å². The number of esters is 1. The summed E-state index contributed by atoms with van der Waals surface area (Å²) in [5, 5.41) is 23.3. The molecule has 0 bridgehead atoms. The van der Waals surface area contributed by atoms with Gasteiger partial charge in [0.25, 0.3) is 0 Å². The smallest absolute Gasteiger partial charge is 0.305 e. The fraction of sp³-hybridized carbons (Fsp3) is 0.931. The van der Waals surface area contributed by atoms with Crippen molar-refractivity contribution in [1.29, 1.82) is 0 Å². The Balaban J connectivity index is 3.48. The molecule has 6 nitrogen and oxygen atoms in total. The number of aliphatic hydroxyl groups is 2. The molecule has 0 aliphatic carbocycles. The Kier molecular flexibility index (Phi) is 53.0. The Morgan fingerprint density at radius 3 is 1.12 bits per heavy atom. The highest BCUT2D eigenvalue weighted by Crippen LogP contribution is 2.17. The number of amides is 1. The second kappa shape index (κ2) is 54.2. The molecule has 0 saturated carbocycles. The van der Waals surface area contributed by atoms with Gasteiger partial charge in [0.1, 0.15) is 0 Å². The molecule has 6 heteroatoms. The lowest BCUT2D eigenvalue weighted by Crippen LogP contribution is -2.45. The number of allylic oxidation sites excluding steroid dienone is 2. The van der Waals surface area contributed by atoms with Crippen molar-refractivity contribution in [2.45, 2.75) is 334 Å². The number of aliphatic hydroxyl groups excluding tert-OH is 2. The van der Waals surface area contributed by atoms with Crippen LogP contribution in [0, 0.1) is 0 Å². The number of carbonyl (C=O) groups is 2. The maximum atomic E-state index is 12.5. The molecule has 0 fully saturated rings. The van der Waals surface area contributed by atoms with E-state index in [0.29, 0.717) is 25.9 Å². The molecule has 0 spiro atoms. The van der Waals surface area contributed by atoms with E-state index in [-0.39, 0.29) is 18.5 Å². The highest BCUT2D eigenvalue weighted by atomic mass is 16.5. The molecule has 1 amide bonds. The lowest BCUT2D eigenvalue weighted by molar-refractivity contribution is -0.143. The molecule has 0 aromatic carbocycles. The third-order valence-electron chi connectivity index (χ3n) is 13.6. The molecule has 2 atom stereocenters. The third-order valence-corrected chi connectivity index (χ3v) is 13.6. The van der Waals surface area contributed by atoms with Gasteiger partial charge >= 0.3 is 5.97 Å². The van der Waals surface area contributed by atoms with Crippen LogP contribution in [0.2, 0.25) is 0 Å². The van der Waals surface area contributed by atoms with Crippen molar-refractivity contribution >= 4 is 11.9 Å². The van der Waals surface area contributed by atoms with Crippen molar-refractivity contribution in [3.05, 3.63) is 12.2 Å². The summed E-state index contributed by atoms with van der Waals surface area (Å²) in [5.41, 5.74) is 0. The maximum Gasteiger partial charge on any atom is 0.305 e. The van der Waals surface area contributed by atoms with E-state index < -0.39 is 12.1 Å². The van der Waals surface area contributed by atoms with Gasteiger partial charge in [-0.25, -0.2) is 0 Å². The Labute approximate surface area is 399 Å². The van der Waals surface area contributed by atoms with E-state index in [1.807, 2.05) is 0 Å². The molecule has 380 valence electrons. The number of nitrogens with one attached hydrogen (secondary N) is 1. The van der Waals surface area contributed by atoms with E-state index in [1.165, 1.54) is 218 Å². The lowest BCUT2D eigenvalue weighted by Gasteiger charge is -2.22. The van der Waals surface area contributed by atoms with Gasteiger partial charge in [-0.3, -0.25) is 9.59 Å². The highest BCUT2D eigenvalue weighted by Gasteiger charge is 2.20. The normalized spacial score (nSPS) is 12.6. The van der Waals surface area contributed by atoms with Crippen molar-refractivity contribution in [1.82, 2.24) is 5.32 Å². The maximum absolute atomic E-state index is 12.5. The van der Waals surface area contributed by atoms with E-state index in [0.717, 1.165) is 70.6 Å². The molecule has 0 rings (SSSR count). The summed E-state index contributed by atoms with van der Waals surface area (Å²) in [6.45, 7) is 4.94. The summed E-state index contributed by atoms with van der Waals surface area (Å²) in [5.74, 6) is -0.0710. The molecule has 0 aromatic heterocycles. The first kappa shape index (κ1) is 62.6. The molecule has 0 aliphatic rings. The van der Waals surface area contributed by atoms with E-state index in [1.54, 1.807) is 0 Å².